The summed E-state index contributed by atoms with van der Waals surface area (Å²) in [6.45, 7) is 0. The van der Waals surface area contributed by atoms with Crippen molar-refractivity contribution < 1.29 is 28.6 Å². The summed E-state index contributed by atoms with van der Waals surface area (Å²) >= 11 is 1.19. The number of nitrogens with one attached hydrogen (secondary N) is 1. The molecule has 2 rings (SSSR count). The van der Waals surface area contributed by atoms with Gasteiger partial charge in [0, 0.05) is 29.2 Å². The Kier molecular flexibility index (Phi) is 11.8. The number of hydroxylamine groups is 1. The third kappa shape index (κ3) is 9.04. The van der Waals surface area contributed by atoms with Gasteiger partial charge >= 0.3 is 5.97 Å². The van der Waals surface area contributed by atoms with Gasteiger partial charge in [0.25, 0.3) is 0 Å². The van der Waals surface area contributed by atoms with Crippen molar-refractivity contribution >= 4 is 17.7 Å². The molecule has 1 aliphatic rings. The largest absolute Gasteiger partial charge is 0.469 e. The first-order valence-corrected chi connectivity index (χ1v) is 12.2. The molecule has 0 bridgehead atoms. The zero-order valence-corrected chi connectivity index (χ0v) is 19.0. The zero-order chi connectivity index (χ0) is 22.6. The molecule has 0 spiro atoms. The van der Waals surface area contributed by atoms with Crippen molar-refractivity contribution in [1.82, 2.24) is 5.48 Å². The molecule has 1 aromatic rings. The average molecular weight is 460 g/mol. The summed E-state index contributed by atoms with van der Waals surface area (Å²) in [5.41, 5.74) is 2.44. The highest BCUT2D eigenvalue weighted by molar-refractivity contribution is 7.99. The fourth-order valence-electron chi connectivity index (χ4n) is 4.48. The number of methoxy groups -OCH3 is 1. The molecule has 1 fully saturated rings. The van der Waals surface area contributed by atoms with Gasteiger partial charge in [-0.15, -0.1) is 11.8 Å². The predicted octanol–water partition coefficient (Wildman–Crippen LogP) is 5.09. The number of hydrogen-bond donors (Lipinski definition) is 3. The molecule has 31 heavy (non-hydrogen) atoms. The van der Waals surface area contributed by atoms with Crippen LogP contribution < -0.4 is 5.48 Å². The summed E-state index contributed by atoms with van der Waals surface area (Å²) < 4.78 is 31.4. The molecule has 1 aromatic carbocycles. The van der Waals surface area contributed by atoms with Crippen molar-refractivity contribution in [3.8, 4) is 0 Å². The number of carbonyl (C=O) groups excluding carboxylic acids is 1. The van der Waals surface area contributed by atoms with Crippen LogP contribution in [0.4, 0.5) is 8.78 Å². The van der Waals surface area contributed by atoms with Crippen LogP contribution in [0.3, 0.4) is 0 Å². The van der Waals surface area contributed by atoms with E-state index in [-0.39, 0.29) is 12.0 Å². The van der Waals surface area contributed by atoms with E-state index in [1.54, 1.807) is 0 Å². The van der Waals surface area contributed by atoms with Gasteiger partial charge in [-0.3, -0.25) is 4.79 Å². The first-order valence-electron chi connectivity index (χ1n) is 11.2. The highest BCUT2D eigenvalue weighted by Crippen LogP contribution is 2.39. The van der Waals surface area contributed by atoms with Gasteiger partial charge in [0.05, 0.1) is 13.2 Å². The molecular weight excluding hydrogens is 424 g/mol. The van der Waals surface area contributed by atoms with Crippen molar-refractivity contribution in [2.75, 3.05) is 12.9 Å². The SMILES string of the molecule is COC(=O)CCCCCC[C@H]1CCC(NO)[C@@H]1CCC(O)CSc1ccc(F)cc1F. The van der Waals surface area contributed by atoms with E-state index in [1.165, 1.54) is 31.0 Å². The lowest BCUT2D eigenvalue weighted by molar-refractivity contribution is -0.140. The van der Waals surface area contributed by atoms with Crippen LogP contribution in [-0.4, -0.2) is 41.3 Å². The van der Waals surface area contributed by atoms with Gasteiger partial charge < -0.3 is 15.1 Å². The molecule has 1 saturated carbocycles. The van der Waals surface area contributed by atoms with E-state index >= 15 is 0 Å². The van der Waals surface area contributed by atoms with Crippen LogP contribution in [0.2, 0.25) is 0 Å². The lowest BCUT2D eigenvalue weighted by Gasteiger charge is -2.25. The van der Waals surface area contributed by atoms with Gasteiger partial charge in [-0.05, 0) is 56.1 Å². The average Bonchev–Trinajstić information content (AvgIpc) is 3.15. The Morgan fingerprint density at radius 3 is 2.71 bits per heavy atom. The summed E-state index contributed by atoms with van der Waals surface area (Å²) in [4.78, 5) is 11.5. The smallest absolute Gasteiger partial charge is 0.305 e. The summed E-state index contributed by atoms with van der Waals surface area (Å²) in [7, 11) is 1.41. The Bertz CT molecular complexity index is 679. The van der Waals surface area contributed by atoms with E-state index in [0.29, 0.717) is 35.3 Å². The standard InChI is InChI=1S/C23H35F2NO4S/c1-30-23(28)7-5-3-2-4-6-16-8-12-21(26-29)19(16)11-10-18(27)15-31-22-13-9-17(24)14-20(22)25/h9,13-14,16,18-19,21,26-27,29H,2-8,10-12,15H2,1H3/t16-,18?,19+,21?/m0/s1. The molecular formula is C23H35F2NO4S. The quantitative estimate of drug-likeness (QED) is 0.156. The first kappa shape index (κ1) is 26.0. The van der Waals surface area contributed by atoms with E-state index in [9.17, 15) is 23.9 Å². The second kappa shape index (κ2) is 14.0. The van der Waals surface area contributed by atoms with Crippen LogP contribution in [0.1, 0.15) is 64.2 Å². The Morgan fingerprint density at radius 1 is 1.23 bits per heavy atom. The van der Waals surface area contributed by atoms with Crippen LogP contribution in [0, 0.1) is 23.5 Å². The number of carbonyl (C=O) groups is 1. The fraction of sp³-hybridized carbons (Fsp3) is 0.696. The highest BCUT2D eigenvalue weighted by atomic mass is 32.2. The van der Waals surface area contributed by atoms with Crippen LogP contribution in [0.15, 0.2) is 23.1 Å². The number of aliphatic hydroxyl groups excluding tert-OH is 1. The van der Waals surface area contributed by atoms with Gasteiger partial charge in [-0.1, -0.05) is 25.7 Å². The normalized spacial score (nSPS) is 21.9. The van der Waals surface area contributed by atoms with Gasteiger partial charge in [0.1, 0.15) is 11.6 Å². The van der Waals surface area contributed by atoms with Gasteiger partial charge in [0.2, 0.25) is 0 Å². The van der Waals surface area contributed by atoms with Crippen LogP contribution in [0.5, 0.6) is 0 Å². The van der Waals surface area contributed by atoms with E-state index in [1.807, 2.05) is 0 Å². The molecule has 0 amide bonds. The molecule has 0 heterocycles. The third-order valence-electron chi connectivity index (χ3n) is 6.23. The second-order valence-corrected chi connectivity index (χ2v) is 9.44. The van der Waals surface area contributed by atoms with E-state index < -0.39 is 17.7 Å². The maximum absolute atomic E-state index is 13.7. The molecule has 1 aliphatic carbocycles. The number of ether oxygens (including phenoxy) is 1. The monoisotopic (exact) mass is 459 g/mol. The van der Waals surface area contributed by atoms with Crippen LogP contribution in [-0.2, 0) is 9.53 Å². The van der Waals surface area contributed by atoms with Crippen LogP contribution in [0.25, 0.3) is 0 Å². The molecule has 8 heteroatoms. The number of thioether (sulfide) groups is 1. The molecule has 0 saturated heterocycles. The lowest BCUT2D eigenvalue weighted by atomic mass is 9.85. The Balaban J connectivity index is 1.70. The zero-order valence-electron chi connectivity index (χ0n) is 18.2. The number of esters is 1. The number of rotatable bonds is 14. The van der Waals surface area contributed by atoms with Crippen LogP contribution >= 0.6 is 11.8 Å². The van der Waals surface area contributed by atoms with E-state index in [0.717, 1.165) is 57.4 Å². The van der Waals surface area contributed by atoms with Gasteiger partial charge in [-0.25, -0.2) is 14.3 Å². The third-order valence-corrected chi connectivity index (χ3v) is 7.42. The molecule has 4 atom stereocenters. The van der Waals surface area contributed by atoms with Gasteiger partial charge in [0.15, 0.2) is 0 Å². The Hall–Kier alpha value is -1.22. The maximum Gasteiger partial charge on any atom is 0.305 e. The summed E-state index contributed by atoms with van der Waals surface area (Å²) in [6, 6.07) is 3.50. The lowest BCUT2D eigenvalue weighted by Crippen LogP contribution is -2.32. The number of hydrogen-bond acceptors (Lipinski definition) is 6. The number of unbranched alkanes of at least 4 members (excludes halogenated alkanes) is 3. The predicted molar refractivity (Wildman–Crippen MR) is 117 cm³/mol. The highest BCUT2D eigenvalue weighted by Gasteiger charge is 2.35. The van der Waals surface area contributed by atoms with Crippen molar-refractivity contribution in [1.29, 1.82) is 0 Å². The maximum atomic E-state index is 13.7. The fourth-order valence-corrected chi connectivity index (χ4v) is 5.38. The molecule has 176 valence electrons. The molecule has 3 N–H and O–H groups in total. The van der Waals surface area contributed by atoms with Crippen molar-refractivity contribution in [3.05, 3.63) is 29.8 Å². The molecule has 0 aromatic heterocycles. The number of halogens is 2. The Labute approximate surface area is 187 Å². The van der Waals surface area contributed by atoms with Crippen molar-refractivity contribution in [2.24, 2.45) is 11.8 Å². The summed E-state index contributed by atoms with van der Waals surface area (Å²) in [6.07, 6.45) is 8.30. The minimum Gasteiger partial charge on any atom is -0.469 e. The van der Waals surface area contributed by atoms with E-state index in [4.69, 9.17) is 0 Å². The minimum absolute atomic E-state index is 0.0405. The van der Waals surface area contributed by atoms with Gasteiger partial charge in [-0.2, -0.15) is 0 Å². The molecule has 0 radical (unpaired) electrons. The molecule has 5 nitrogen and oxygen atoms in total. The Morgan fingerprint density at radius 2 is 2.00 bits per heavy atom. The van der Waals surface area contributed by atoms with Crippen molar-refractivity contribution in [2.45, 2.75) is 81.2 Å². The minimum atomic E-state index is -0.610. The summed E-state index contributed by atoms with van der Waals surface area (Å²) in [5, 5.41) is 19.9. The van der Waals surface area contributed by atoms with Crippen molar-refractivity contribution in [3.63, 3.8) is 0 Å². The molecule has 0 aliphatic heterocycles. The molecule has 2 unspecified atom stereocenters. The number of benzene rings is 1. The van der Waals surface area contributed by atoms with E-state index in [2.05, 4.69) is 10.2 Å². The topological polar surface area (TPSA) is 78.8 Å². The summed E-state index contributed by atoms with van der Waals surface area (Å²) in [5.74, 6) is -0.240. The first-order chi connectivity index (χ1) is 14.9. The second-order valence-electron chi connectivity index (χ2n) is 8.38. The number of aliphatic hydroxyl groups is 1.